The maximum Gasteiger partial charge on any atom is 0.460 e. The van der Waals surface area contributed by atoms with Crippen LogP contribution >= 0.6 is 0 Å². The van der Waals surface area contributed by atoms with E-state index in [0.717, 1.165) is 0 Å². The van der Waals surface area contributed by atoms with Gasteiger partial charge in [0.1, 0.15) is 0 Å². The maximum atomic E-state index is 12.3. The van der Waals surface area contributed by atoms with Gasteiger partial charge in [-0.2, -0.15) is 48.3 Å². The maximum absolute atomic E-state index is 12.3. The molecule has 0 saturated heterocycles. The van der Waals surface area contributed by atoms with Crippen LogP contribution in [0.1, 0.15) is 0 Å². The summed E-state index contributed by atoms with van der Waals surface area (Å²) in [6, 6.07) is 0. The Labute approximate surface area is 90.6 Å². The van der Waals surface area contributed by atoms with E-state index >= 15 is 0 Å². The molecule has 0 atom stereocenters. The molecule has 0 N–H and O–H groups in total. The molecule has 108 valence electrons. The highest BCUT2D eigenvalue weighted by Crippen LogP contribution is 2.57. The first-order valence-electron chi connectivity index (χ1n) is 3.52. The third-order valence-electron chi connectivity index (χ3n) is 1.59. The molecule has 0 unspecified atom stereocenters. The minimum absolute atomic E-state index is 4.14. The topological polar surface area (TPSA) is 0 Å². The van der Waals surface area contributed by atoms with E-state index in [9.17, 15) is 52.7 Å². The van der Waals surface area contributed by atoms with Crippen molar-refractivity contribution in [3.63, 3.8) is 0 Å². The molecule has 0 spiro atoms. The number of hydrogen-bond acceptors (Lipinski definition) is 0. The van der Waals surface area contributed by atoms with Crippen LogP contribution in [0.4, 0.5) is 52.7 Å². The zero-order valence-corrected chi connectivity index (χ0v) is 7.54. The molecule has 0 heterocycles. The molecule has 0 aliphatic rings. The normalized spacial score (nSPS) is 15.7. The monoisotopic (exact) mass is 300 g/mol. The molecule has 2 radical (unpaired) electrons. The zero-order chi connectivity index (χ0) is 15.2. The van der Waals surface area contributed by atoms with E-state index in [1.165, 1.54) is 0 Å². The van der Waals surface area contributed by atoms with Gasteiger partial charge in [-0.15, -0.1) is 0 Å². The van der Waals surface area contributed by atoms with Gasteiger partial charge in [-0.05, 0) is 0 Å². The summed E-state index contributed by atoms with van der Waals surface area (Å²) in [6.45, 7) is 0. The Balaban J connectivity index is 5.64. The minimum atomic E-state index is -7.42. The third kappa shape index (κ3) is 2.32. The summed E-state index contributed by atoms with van der Waals surface area (Å²) >= 11 is 0. The first-order chi connectivity index (χ1) is 7.60. The van der Waals surface area contributed by atoms with Crippen LogP contribution in [0.2, 0.25) is 0 Å². The van der Waals surface area contributed by atoms with E-state index < -0.39 is 36.5 Å². The Morgan fingerprint density at radius 3 is 1.11 bits per heavy atom. The predicted molar refractivity (Wildman–Crippen MR) is 30.7 cm³/mol. The van der Waals surface area contributed by atoms with Crippen molar-refractivity contribution < 1.29 is 52.7 Å². The summed E-state index contributed by atoms with van der Waals surface area (Å²) < 4.78 is 142. The molecule has 0 nitrogen and oxygen atoms in total. The fourth-order valence-corrected chi connectivity index (χ4v) is 0.632. The largest absolute Gasteiger partial charge is 0.460 e. The number of halogens is 12. The van der Waals surface area contributed by atoms with Crippen LogP contribution in [0.15, 0.2) is 0 Å². The van der Waals surface area contributed by atoms with E-state index in [0.29, 0.717) is 0 Å². The van der Waals surface area contributed by atoms with Crippen molar-refractivity contribution in [2.24, 2.45) is 0 Å². The minimum Gasteiger partial charge on any atom is -0.226 e. The number of alkyl halides is 9. The molecule has 12 heteroatoms. The van der Waals surface area contributed by atoms with Crippen LogP contribution in [0.5, 0.6) is 0 Å². The standard InChI is InChI=1S/C6F12/c7-1(2(8)9)3(10,11)4(12,13)5(14,15)6(16,17)18. The van der Waals surface area contributed by atoms with Gasteiger partial charge in [-0.3, -0.25) is 0 Å². The SMILES string of the molecule is F[C](F)[C](F)C(F)(F)C(F)(F)C(F)(F)C(F)(F)F. The van der Waals surface area contributed by atoms with E-state index in [-0.39, 0.29) is 0 Å². The molecular formula is C6F12. The van der Waals surface area contributed by atoms with E-state index in [4.69, 9.17) is 0 Å². The van der Waals surface area contributed by atoms with Crippen LogP contribution in [-0.4, -0.2) is 23.9 Å². The predicted octanol–water partition coefficient (Wildman–Crippen LogP) is 4.38. The first kappa shape index (κ1) is 17.2. The lowest BCUT2D eigenvalue weighted by molar-refractivity contribution is -0.396. The summed E-state index contributed by atoms with van der Waals surface area (Å²) in [7, 11) is 0. The van der Waals surface area contributed by atoms with Gasteiger partial charge in [0.2, 0.25) is 0 Å². The van der Waals surface area contributed by atoms with Crippen LogP contribution < -0.4 is 0 Å². The van der Waals surface area contributed by atoms with Crippen LogP contribution in [0.25, 0.3) is 0 Å². The fraction of sp³-hybridized carbons (Fsp3) is 0.667. The Morgan fingerprint density at radius 1 is 0.556 bits per heavy atom. The molecule has 0 bridgehead atoms. The lowest BCUT2D eigenvalue weighted by Gasteiger charge is -2.33. The molecular weight excluding hydrogens is 300 g/mol. The highest BCUT2D eigenvalue weighted by atomic mass is 19.4. The molecule has 0 fully saturated rings. The second-order valence-corrected chi connectivity index (χ2v) is 2.80. The van der Waals surface area contributed by atoms with Crippen molar-refractivity contribution in [1.29, 1.82) is 0 Å². The van der Waals surface area contributed by atoms with Gasteiger partial charge in [-0.1, -0.05) is 0 Å². The first-order valence-corrected chi connectivity index (χ1v) is 3.52. The van der Waals surface area contributed by atoms with Gasteiger partial charge in [0.25, 0.3) is 6.17 Å². The van der Waals surface area contributed by atoms with Gasteiger partial charge < -0.3 is 0 Å². The zero-order valence-electron chi connectivity index (χ0n) is 7.54. The van der Waals surface area contributed by atoms with Crippen molar-refractivity contribution in [2.45, 2.75) is 23.9 Å². The van der Waals surface area contributed by atoms with Crippen molar-refractivity contribution in [1.82, 2.24) is 0 Å². The van der Waals surface area contributed by atoms with Crippen molar-refractivity contribution >= 4 is 0 Å². The van der Waals surface area contributed by atoms with Crippen molar-refractivity contribution in [2.75, 3.05) is 0 Å². The Morgan fingerprint density at radius 2 is 0.889 bits per heavy atom. The summed E-state index contributed by atoms with van der Waals surface area (Å²) in [5.41, 5.74) is 0. The lowest BCUT2D eigenvalue weighted by atomic mass is 10.00. The summed E-state index contributed by atoms with van der Waals surface area (Å²) in [4.78, 5) is 0. The van der Waals surface area contributed by atoms with E-state index in [1.807, 2.05) is 0 Å². The highest BCUT2D eigenvalue weighted by Gasteiger charge is 2.84. The van der Waals surface area contributed by atoms with Gasteiger partial charge in [0, 0.05) is 0 Å². The molecule has 0 aromatic heterocycles. The van der Waals surface area contributed by atoms with Gasteiger partial charge in [0.15, 0.2) is 0 Å². The fourth-order valence-electron chi connectivity index (χ4n) is 0.632. The average Bonchev–Trinajstić information content (AvgIpc) is 2.13. The van der Waals surface area contributed by atoms with Crippen LogP contribution in [0.3, 0.4) is 0 Å². The van der Waals surface area contributed by atoms with Gasteiger partial charge >= 0.3 is 30.4 Å². The molecule has 0 rings (SSSR count). The Bertz CT molecular complexity index is 287. The van der Waals surface area contributed by atoms with Gasteiger partial charge in [0.05, 0.1) is 0 Å². The number of hydrogen-bond donors (Lipinski definition) is 0. The van der Waals surface area contributed by atoms with Crippen molar-refractivity contribution in [3.8, 4) is 0 Å². The Hall–Kier alpha value is -0.840. The molecule has 0 aliphatic carbocycles. The lowest BCUT2D eigenvalue weighted by Crippen LogP contribution is -2.62. The molecule has 0 saturated carbocycles. The Kier molecular flexibility index (Phi) is 4.16. The molecule has 0 aromatic carbocycles. The van der Waals surface area contributed by atoms with Gasteiger partial charge in [-0.25, -0.2) is 4.39 Å². The summed E-state index contributed by atoms with van der Waals surface area (Å²) in [6.07, 6.45) is -15.7. The molecule has 0 aromatic rings. The second kappa shape index (κ2) is 4.37. The van der Waals surface area contributed by atoms with E-state index in [1.54, 1.807) is 0 Å². The highest BCUT2D eigenvalue weighted by molar-refractivity contribution is 5.15. The molecule has 18 heavy (non-hydrogen) atoms. The summed E-state index contributed by atoms with van der Waals surface area (Å²) in [5, 5.41) is 0. The summed E-state index contributed by atoms with van der Waals surface area (Å²) in [5.74, 6) is -21.9. The average molecular weight is 300 g/mol. The third-order valence-corrected chi connectivity index (χ3v) is 1.59. The molecule has 0 aliphatic heterocycles. The number of rotatable bonds is 4. The quantitative estimate of drug-likeness (QED) is 0.676. The second-order valence-electron chi connectivity index (χ2n) is 2.80. The van der Waals surface area contributed by atoms with Crippen molar-refractivity contribution in [3.05, 3.63) is 12.6 Å². The van der Waals surface area contributed by atoms with Crippen LogP contribution in [-0.2, 0) is 0 Å². The smallest absolute Gasteiger partial charge is 0.226 e. The van der Waals surface area contributed by atoms with Crippen LogP contribution in [0, 0.1) is 12.6 Å². The molecule has 0 amide bonds. The van der Waals surface area contributed by atoms with E-state index in [2.05, 4.69) is 0 Å².